The highest BCUT2D eigenvalue weighted by Crippen LogP contribution is 2.18. The van der Waals surface area contributed by atoms with Gasteiger partial charge in [0, 0.05) is 18.1 Å². The van der Waals surface area contributed by atoms with Crippen LogP contribution < -0.4 is 5.43 Å². The molecule has 0 radical (unpaired) electrons. The van der Waals surface area contributed by atoms with E-state index in [1.54, 1.807) is 4.57 Å². The van der Waals surface area contributed by atoms with E-state index in [1.165, 1.54) is 6.20 Å². The molecule has 94 valence electrons. The van der Waals surface area contributed by atoms with E-state index < -0.39 is 11.4 Å². The van der Waals surface area contributed by atoms with Crippen molar-refractivity contribution < 1.29 is 9.90 Å². The van der Waals surface area contributed by atoms with Crippen LogP contribution in [-0.4, -0.2) is 15.6 Å². The lowest BCUT2D eigenvalue weighted by atomic mass is 10.0. The molecule has 0 spiro atoms. The van der Waals surface area contributed by atoms with Gasteiger partial charge in [-0.15, -0.1) is 0 Å². The highest BCUT2D eigenvalue weighted by atomic mass is 16.4. The number of fused-ring (bicyclic) bond motifs is 1. The van der Waals surface area contributed by atoms with Gasteiger partial charge in [-0.25, -0.2) is 4.79 Å². The molecule has 1 aromatic heterocycles. The summed E-state index contributed by atoms with van der Waals surface area (Å²) in [6, 6.07) is 3.81. The first-order chi connectivity index (χ1) is 8.45. The molecule has 0 aliphatic heterocycles. The van der Waals surface area contributed by atoms with Gasteiger partial charge in [-0.3, -0.25) is 4.79 Å². The van der Waals surface area contributed by atoms with Gasteiger partial charge in [-0.05, 0) is 38.0 Å². The summed E-state index contributed by atoms with van der Waals surface area (Å²) >= 11 is 0. The molecule has 4 heteroatoms. The Balaban J connectivity index is 3.04. The predicted molar refractivity (Wildman–Crippen MR) is 70.3 cm³/mol. The van der Waals surface area contributed by atoms with Crippen LogP contribution in [-0.2, 0) is 6.54 Å². The topological polar surface area (TPSA) is 59.3 Å². The Labute approximate surface area is 104 Å². The van der Waals surface area contributed by atoms with E-state index in [4.69, 9.17) is 5.11 Å². The molecule has 2 aromatic rings. The quantitative estimate of drug-likeness (QED) is 0.883. The monoisotopic (exact) mass is 245 g/mol. The number of aromatic nitrogens is 1. The van der Waals surface area contributed by atoms with Crippen molar-refractivity contribution in [2.45, 2.75) is 27.3 Å². The fraction of sp³-hybridized carbons (Fsp3) is 0.286. The second kappa shape index (κ2) is 4.29. The minimum Gasteiger partial charge on any atom is -0.477 e. The number of rotatable bonds is 2. The van der Waals surface area contributed by atoms with Crippen molar-refractivity contribution in [3.05, 3.63) is 45.2 Å². The van der Waals surface area contributed by atoms with Crippen LogP contribution in [0.1, 0.15) is 28.4 Å². The van der Waals surface area contributed by atoms with E-state index in [1.807, 2.05) is 32.9 Å². The molecule has 4 nitrogen and oxygen atoms in total. The number of carboxylic acid groups (broad SMARTS) is 1. The molecule has 0 unspecified atom stereocenters. The molecule has 0 aliphatic carbocycles. The molecule has 1 aromatic carbocycles. The van der Waals surface area contributed by atoms with Gasteiger partial charge in [0.05, 0.1) is 5.52 Å². The van der Waals surface area contributed by atoms with Crippen LogP contribution in [0.4, 0.5) is 0 Å². The number of hydrogen-bond donors (Lipinski definition) is 1. The summed E-state index contributed by atoms with van der Waals surface area (Å²) in [5.74, 6) is -1.18. The van der Waals surface area contributed by atoms with E-state index in [2.05, 4.69) is 0 Å². The van der Waals surface area contributed by atoms with Gasteiger partial charge in [-0.2, -0.15) is 0 Å². The number of carboxylic acids is 1. The zero-order valence-corrected chi connectivity index (χ0v) is 10.7. The van der Waals surface area contributed by atoms with Crippen LogP contribution in [0.2, 0.25) is 0 Å². The van der Waals surface area contributed by atoms with Gasteiger partial charge in [0.2, 0.25) is 5.43 Å². The Hall–Kier alpha value is -2.10. The zero-order chi connectivity index (χ0) is 13.4. The molecule has 0 fully saturated rings. The Kier molecular flexibility index (Phi) is 2.95. The van der Waals surface area contributed by atoms with Crippen molar-refractivity contribution in [3.8, 4) is 0 Å². The van der Waals surface area contributed by atoms with Crippen LogP contribution in [0, 0.1) is 13.8 Å². The summed E-state index contributed by atoms with van der Waals surface area (Å²) in [6.45, 7) is 6.34. The van der Waals surface area contributed by atoms with E-state index in [0.29, 0.717) is 11.9 Å². The minimum atomic E-state index is -1.18. The Morgan fingerprint density at radius 2 is 2.00 bits per heavy atom. The van der Waals surface area contributed by atoms with E-state index >= 15 is 0 Å². The standard InChI is InChI=1S/C14H15NO3/c1-4-15-7-10(14(17)18)13(16)12-9(3)5-8(2)6-11(12)15/h5-7H,4H2,1-3H3,(H,17,18). The second-order valence-corrected chi connectivity index (χ2v) is 4.44. The lowest BCUT2D eigenvalue weighted by Crippen LogP contribution is -2.19. The number of benzene rings is 1. The van der Waals surface area contributed by atoms with Crippen molar-refractivity contribution in [2.75, 3.05) is 0 Å². The molecule has 18 heavy (non-hydrogen) atoms. The fourth-order valence-corrected chi connectivity index (χ4v) is 2.30. The van der Waals surface area contributed by atoms with Crippen LogP contribution in [0.3, 0.4) is 0 Å². The number of hydrogen-bond acceptors (Lipinski definition) is 2. The fourth-order valence-electron chi connectivity index (χ4n) is 2.30. The van der Waals surface area contributed by atoms with Crippen LogP contribution in [0.5, 0.6) is 0 Å². The van der Waals surface area contributed by atoms with Gasteiger partial charge in [0.25, 0.3) is 0 Å². The maximum atomic E-state index is 12.2. The largest absolute Gasteiger partial charge is 0.477 e. The minimum absolute atomic E-state index is 0.170. The van der Waals surface area contributed by atoms with Gasteiger partial charge >= 0.3 is 5.97 Å². The zero-order valence-electron chi connectivity index (χ0n) is 10.7. The van der Waals surface area contributed by atoms with Crippen LogP contribution >= 0.6 is 0 Å². The first-order valence-corrected chi connectivity index (χ1v) is 5.83. The molecule has 0 atom stereocenters. The molecule has 0 saturated carbocycles. The van der Waals surface area contributed by atoms with Crippen molar-refractivity contribution in [3.63, 3.8) is 0 Å². The molecule has 0 aliphatic rings. The summed E-state index contributed by atoms with van der Waals surface area (Å²) in [7, 11) is 0. The third kappa shape index (κ3) is 1.79. The molecule has 1 N–H and O–H groups in total. The maximum absolute atomic E-state index is 12.2. The Morgan fingerprint density at radius 1 is 1.33 bits per heavy atom. The van der Waals surface area contributed by atoms with Gasteiger partial charge in [0.15, 0.2) is 0 Å². The summed E-state index contributed by atoms with van der Waals surface area (Å²) in [5.41, 5.74) is 2.10. The SMILES string of the molecule is CCn1cc(C(=O)O)c(=O)c2c(C)cc(C)cc21. The Bertz CT molecular complexity index is 698. The Morgan fingerprint density at radius 3 is 2.56 bits per heavy atom. The van der Waals surface area contributed by atoms with E-state index in [-0.39, 0.29) is 5.56 Å². The number of aryl methyl sites for hydroxylation is 3. The highest BCUT2D eigenvalue weighted by Gasteiger charge is 2.15. The van der Waals surface area contributed by atoms with Crippen LogP contribution in [0.25, 0.3) is 10.9 Å². The van der Waals surface area contributed by atoms with E-state index in [9.17, 15) is 9.59 Å². The van der Waals surface area contributed by atoms with Crippen molar-refractivity contribution in [2.24, 2.45) is 0 Å². The molecule has 2 rings (SSSR count). The molecule has 0 saturated heterocycles. The second-order valence-electron chi connectivity index (χ2n) is 4.44. The number of pyridine rings is 1. The summed E-state index contributed by atoms with van der Waals surface area (Å²) in [4.78, 5) is 23.3. The molecule has 0 bridgehead atoms. The first-order valence-electron chi connectivity index (χ1n) is 5.83. The third-order valence-electron chi connectivity index (χ3n) is 3.10. The van der Waals surface area contributed by atoms with Crippen molar-refractivity contribution in [1.29, 1.82) is 0 Å². The lowest BCUT2D eigenvalue weighted by Gasteiger charge is -2.12. The van der Waals surface area contributed by atoms with Gasteiger partial charge < -0.3 is 9.67 Å². The molecular formula is C14H15NO3. The number of aromatic carboxylic acids is 1. The smallest absolute Gasteiger partial charge is 0.341 e. The average Bonchev–Trinajstić information content (AvgIpc) is 2.27. The lowest BCUT2D eigenvalue weighted by molar-refractivity contribution is 0.0695. The summed E-state index contributed by atoms with van der Waals surface area (Å²) in [6.07, 6.45) is 1.42. The maximum Gasteiger partial charge on any atom is 0.341 e. The molecular weight excluding hydrogens is 230 g/mol. The average molecular weight is 245 g/mol. The summed E-state index contributed by atoms with van der Waals surface area (Å²) < 4.78 is 1.81. The first kappa shape index (κ1) is 12.4. The normalized spacial score (nSPS) is 10.8. The van der Waals surface area contributed by atoms with E-state index in [0.717, 1.165) is 16.6 Å². The molecule has 0 amide bonds. The van der Waals surface area contributed by atoms with Gasteiger partial charge in [0.1, 0.15) is 5.56 Å². The van der Waals surface area contributed by atoms with Crippen LogP contribution in [0.15, 0.2) is 23.1 Å². The number of nitrogens with zero attached hydrogens (tertiary/aromatic N) is 1. The third-order valence-corrected chi connectivity index (χ3v) is 3.10. The van der Waals surface area contributed by atoms with Gasteiger partial charge in [-0.1, -0.05) is 6.07 Å². The van der Waals surface area contributed by atoms with Crippen molar-refractivity contribution in [1.82, 2.24) is 4.57 Å². The molecule has 1 heterocycles. The number of carbonyl (C=O) groups is 1. The predicted octanol–water partition coefficient (Wildman–Crippen LogP) is 2.34. The van der Waals surface area contributed by atoms with Crippen molar-refractivity contribution >= 4 is 16.9 Å². The highest BCUT2D eigenvalue weighted by molar-refractivity contribution is 5.93. The summed E-state index contributed by atoms with van der Waals surface area (Å²) in [5, 5.41) is 9.58.